The molecule has 0 bridgehead atoms. The van der Waals surface area contributed by atoms with Crippen molar-refractivity contribution < 1.29 is 18.8 Å². The fourth-order valence-corrected chi connectivity index (χ4v) is 4.05. The minimum absolute atomic E-state index is 0.0597. The van der Waals surface area contributed by atoms with Crippen molar-refractivity contribution in [2.24, 2.45) is 11.8 Å². The zero-order chi connectivity index (χ0) is 17.6. The van der Waals surface area contributed by atoms with Gasteiger partial charge in [-0.05, 0) is 42.9 Å². The summed E-state index contributed by atoms with van der Waals surface area (Å²) in [7, 11) is 0. The second-order valence-electron chi connectivity index (χ2n) is 7.13. The SMILES string of the molecule is O=C1NC(=O)[C@H]([C@@H]2CCCN(C(=O)[C@@H]3C[C@H]3c3cccc(F)c3)C2)N1. The van der Waals surface area contributed by atoms with Crippen LogP contribution >= 0.6 is 0 Å². The first kappa shape index (κ1) is 16.1. The van der Waals surface area contributed by atoms with Crippen molar-refractivity contribution in [2.75, 3.05) is 13.1 Å². The van der Waals surface area contributed by atoms with E-state index in [1.165, 1.54) is 12.1 Å². The summed E-state index contributed by atoms with van der Waals surface area (Å²) in [6, 6.07) is 5.41. The smallest absolute Gasteiger partial charge is 0.322 e. The summed E-state index contributed by atoms with van der Waals surface area (Å²) in [5, 5.41) is 4.89. The van der Waals surface area contributed by atoms with E-state index in [0.717, 1.165) is 24.8 Å². The number of hydrogen-bond donors (Lipinski definition) is 2. The maximum absolute atomic E-state index is 13.4. The van der Waals surface area contributed by atoms with Crippen LogP contribution in [0.1, 0.15) is 30.7 Å². The van der Waals surface area contributed by atoms with Gasteiger partial charge in [-0.25, -0.2) is 9.18 Å². The first-order chi connectivity index (χ1) is 12.0. The van der Waals surface area contributed by atoms with Crippen molar-refractivity contribution in [3.63, 3.8) is 0 Å². The third-order valence-electron chi connectivity index (χ3n) is 5.43. The maximum Gasteiger partial charge on any atom is 0.322 e. The normalized spacial score (nSPS) is 31.5. The number of urea groups is 1. The number of nitrogens with one attached hydrogen (secondary N) is 2. The van der Waals surface area contributed by atoms with Crippen molar-refractivity contribution in [1.82, 2.24) is 15.5 Å². The molecule has 0 radical (unpaired) electrons. The number of piperidine rings is 1. The first-order valence-corrected chi connectivity index (χ1v) is 8.68. The molecular weight excluding hydrogens is 325 g/mol. The summed E-state index contributed by atoms with van der Waals surface area (Å²) in [5.74, 6) is -0.602. The summed E-state index contributed by atoms with van der Waals surface area (Å²) >= 11 is 0. The molecule has 2 saturated heterocycles. The van der Waals surface area contributed by atoms with E-state index in [-0.39, 0.29) is 35.4 Å². The van der Waals surface area contributed by atoms with E-state index < -0.39 is 12.1 Å². The molecule has 0 unspecified atom stereocenters. The molecule has 3 aliphatic rings. The van der Waals surface area contributed by atoms with E-state index in [1.54, 1.807) is 11.0 Å². The van der Waals surface area contributed by atoms with Crippen LogP contribution in [0.25, 0.3) is 0 Å². The number of benzene rings is 1. The number of likely N-dealkylation sites (tertiary alicyclic amines) is 1. The van der Waals surface area contributed by atoms with Gasteiger partial charge >= 0.3 is 6.03 Å². The zero-order valence-electron chi connectivity index (χ0n) is 13.7. The predicted octanol–water partition coefficient (Wildman–Crippen LogP) is 1.38. The fraction of sp³-hybridized carbons (Fsp3) is 0.500. The molecule has 0 spiro atoms. The molecule has 2 N–H and O–H groups in total. The van der Waals surface area contributed by atoms with Crippen molar-refractivity contribution in [2.45, 2.75) is 31.2 Å². The fourth-order valence-electron chi connectivity index (χ4n) is 4.05. The largest absolute Gasteiger partial charge is 0.342 e. The van der Waals surface area contributed by atoms with Crippen LogP contribution in [-0.2, 0) is 9.59 Å². The Morgan fingerprint density at radius 3 is 2.84 bits per heavy atom. The Hall–Kier alpha value is -2.44. The highest BCUT2D eigenvalue weighted by Crippen LogP contribution is 2.48. The van der Waals surface area contributed by atoms with Crippen LogP contribution in [0.4, 0.5) is 9.18 Å². The standard InChI is InChI=1S/C18H20FN3O3/c19-12-5-1-3-10(7-12)13-8-14(13)17(24)22-6-2-4-11(9-22)15-16(23)21-18(25)20-15/h1,3,5,7,11,13-15H,2,4,6,8-9H2,(H2,20,21,23,25)/t11-,13+,14-,15+/m1/s1. The minimum Gasteiger partial charge on any atom is -0.342 e. The molecule has 1 aromatic carbocycles. The molecule has 3 fully saturated rings. The molecular formula is C18H20FN3O3. The number of nitrogens with zero attached hydrogens (tertiary/aromatic N) is 1. The Labute approximate surface area is 144 Å². The highest BCUT2D eigenvalue weighted by molar-refractivity contribution is 6.04. The topological polar surface area (TPSA) is 78.5 Å². The second-order valence-corrected chi connectivity index (χ2v) is 7.13. The lowest BCUT2D eigenvalue weighted by molar-refractivity contribution is -0.135. The quantitative estimate of drug-likeness (QED) is 0.813. The van der Waals surface area contributed by atoms with E-state index in [1.807, 2.05) is 6.07 Å². The van der Waals surface area contributed by atoms with Crippen LogP contribution in [0.5, 0.6) is 0 Å². The second kappa shape index (κ2) is 6.13. The van der Waals surface area contributed by atoms with Gasteiger partial charge in [-0.1, -0.05) is 12.1 Å². The third kappa shape index (κ3) is 3.10. The summed E-state index contributed by atoms with van der Waals surface area (Å²) < 4.78 is 13.4. The van der Waals surface area contributed by atoms with Gasteiger partial charge in [0.05, 0.1) is 0 Å². The van der Waals surface area contributed by atoms with Crippen molar-refractivity contribution in [1.29, 1.82) is 0 Å². The average molecular weight is 345 g/mol. The van der Waals surface area contributed by atoms with Crippen molar-refractivity contribution in [3.05, 3.63) is 35.6 Å². The monoisotopic (exact) mass is 345 g/mol. The number of rotatable bonds is 3. The summed E-state index contributed by atoms with van der Waals surface area (Å²) in [6.07, 6.45) is 2.36. The zero-order valence-corrected chi connectivity index (χ0v) is 13.7. The van der Waals surface area contributed by atoms with Gasteiger partial charge in [0.2, 0.25) is 5.91 Å². The van der Waals surface area contributed by atoms with E-state index in [9.17, 15) is 18.8 Å². The molecule has 25 heavy (non-hydrogen) atoms. The van der Waals surface area contributed by atoms with Crippen LogP contribution < -0.4 is 10.6 Å². The van der Waals surface area contributed by atoms with Gasteiger partial charge in [-0.3, -0.25) is 14.9 Å². The molecule has 2 aliphatic heterocycles. The highest BCUT2D eigenvalue weighted by atomic mass is 19.1. The number of carbonyl (C=O) groups is 3. The van der Waals surface area contributed by atoms with Gasteiger partial charge in [0.25, 0.3) is 5.91 Å². The van der Waals surface area contributed by atoms with Crippen LogP contribution in [0, 0.1) is 17.7 Å². The van der Waals surface area contributed by atoms with Gasteiger partial charge in [-0.15, -0.1) is 0 Å². The van der Waals surface area contributed by atoms with Crippen LogP contribution in [0.3, 0.4) is 0 Å². The van der Waals surface area contributed by atoms with Crippen molar-refractivity contribution >= 4 is 17.8 Å². The van der Waals surface area contributed by atoms with E-state index in [2.05, 4.69) is 10.6 Å². The Bertz CT molecular complexity index is 738. The average Bonchev–Trinajstić information content (AvgIpc) is 3.33. The molecule has 2 heterocycles. The minimum atomic E-state index is -0.554. The van der Waals surface area contributed by atoms with Crippen LogP contribution in [-0.4, -0.2) is 41.9 Å². The Morgan fingerprint density at radius 2 is 2.12 bits per heavy atom. The summed E-state index contributed by atoms with van der Waals surface area (Å²) in [4.78, 5) is 37.7. The predicted molar refractivity (Wildman–Crippen MR) is 87.0 cm³/mol. The lowest BCUT2D eigenvalue weighted by atomic mass is 9.90. The lowest BCUT2D eigenvalue weighted by Gasteiger charge is -2.34. The van der Waals surface area contributed by atoms with Gasteiger partial charge in [0.15, 0.2) is 0 Å². The molecule has 4 rings (SSSR count). The molecule has 0 aromatic heterocycles. The number of hydrogen-bond acceptors (Lipinski definition) is 3. The molecule has 1 aliphatic carbocycles. The molecule has 1 saturated carbocycles. The summed E-state index contributed by atoms with van der Waals surface area (Å²) in [6.45, 7) is 1.15. The Morgan fingerprint density at radius 1 is 1.28 bits per heavy atom. The Kier molecular flexibility index (Phi) is 3.94. The molecule has 1 aromatic rings. The molecule has 4 atom stereocenters. The molecule has 4 amide bonds. The first-order valence-electron chi connectivity index (χ1n) is 8.68. The van der Waals surface area contributed by atoms with E-state index in [0.29, 0.717) is 13.1 Å². The van der Waals surface area contributed by atoms with E-state index >= 15 is 0 Å². The van der Waals surface area contributed by atoms with Crippen LogP contribution in [0.15, 0.2) is 24.3 Å². The van der Waals surface area contributed by atoms with Gasteiger partial charge in [-0.2, -0.15) is 0 Å². The van der Waals surface area contributed by atoms with Crippen molar-refractivity contribution in [3.8, 4) is 0 Å². The number of imide groups is 1. The highest BCUT2D eigenvalue weighted by Gasteiger charge is 2.47. The van der Waals surface area contributed by atoms with Crippen LogP contribution in [0.2, 0.25) is 0 Å². The Balaban J connectivity index is 1.40. The van der Waals surface area contributed by atoms with E-state index in [4.69, 9.17) is 0 Å². The third-order valence-corrected chi connectivity index (χ3v) is 5.43. The molecule has 6 nitrogen and oxygen atoms in total. The maximum atomic E-state index is 13.4. The lowest BCUT2D eigenvalue weighted by Crippen LogP contribution is -2.48. The number of carbonyl (C=O) groups excluding carboxylic acids is 3. The van der Waals surface area contributed by atoms with Gasteiger partial charge in [0, 0.05) is 24.9 Å². The number of amides is 4. The van der Waals surface area contributed by atoms with Gasteiger partial charge in [0.1, 0.15) is 11.9 Å². The molecule has 7 heteroatoms. The summed E-state index contributed by atoms with van der Waals surface area (Å²) in [5.41, 5.74) is 0.870. The molecule has 132 valence electrons. The number of halogens is 1. The van der Waals surface area contributed by atoms with Gasteiger partial charge < -0.3 is 10.2 Å².